The Kier molecular flexibility index (Phi) is 5.32. The summed E-state index contributed by atoms with van der Waals surface area (Å²) in [5.74, 6) is 0.713. The molecule has 0 fully saturated rings. The number of hydrogen-bond acceptors (Lipinski definition) is 4. The summed E-state index contributed by atoms with van der Waals surface area (Å²) >= 11 is 5.99. The Bertz CT molecular complexity index is 542. The van der Waals surface area contributed by atoms with Crippen molar-refractivity contribution in [3.05, 3.63) is 52.8 Å². The third-order valence-electron chi connectivity index (χ3n) is 2.92. The van der Waals surface area contributed by atoms with Crippen molar-refractivity contribution in [3.8, 4) is 0 Å². The van der Waals surface area contributed by atoms with Crippen LogP contribution in [0.15, 0.2) is 36.7 Å². The van der Waals surface area contributed by atoms with Gasteiger partial charge in [0.05, 0.1) is 0 Å². The third kappa shape index (κ3) is 4.18. The molecule has 106 valence electrons. The van der Waals surface area contributed by atoms with Crippen LogP contribution in [0, 0.1) is 0 Å². The highest BCUT2D eigenvalue weighted by molar-refractivity contribution is 6.30. The fourth-order valence-corrected chi connectivity index (χ4v) is 2.10. The fraction of sp³-hybridized carbons (Fsp3) is 0.333. The standard InChI is InChI=1S/C15H19ClN4/c1-3-17-8-13-9-18-15(19-10-13)20(2)11-12-5-4-6-14(16)7-12/h4-7,9-10,17H,3,8,11H2,1-2H3. The Hall–Kier alpha value is -1.65. The number of nitrogens with zero attached hydrogens (tertiary/aromatic N) is 3. The van der Waals surface area contributed by atoms with E-state index in [2.05, 4.69) is 22.2 Å². The first-order valence-corrected chi connectivity index (χ1v) is 7.04. The lowest BCUT2D eigenvalue weighted by atomic mass is 10.2. The zero-order valence-corrected chi connectivity index (χ0v) is 12.6. The minimum atomic E-state index is 0.713. The van der Waals surface area contributed by atoms with Crippen LogP contribution in [0.2, 0.25) is 5.02 Å². The molecular formula is C15H19ClN4. The molecule has 0 aliphatic rings. The van der Waals surface area contributed by atoms with E-state index in [9.17, 15) is 0 Å². The van der Waals surface area contributed by atoms with Crippen LogP contribution in [-0.4, -0.2) is 23.6 Å². The van der Waals surface area contributed by atoms with Gasteiger partial charge in [0, 0.05) is 43.1 Å². The lowest BCUT2D eigenvalue weighted by Gasteiger charge is -2.17. The number of aromatic nitrogens is 2. The van der Waals surface area contributed by atoms with E-state index in [1.54, 1.807) is 0 Å². The molecule has 0 amide bonds. The Labute approximate surface area is 124 Å². The van der Waals surface area contributed by atoms with E-state index in [0.29, 0.717) is 5.95 Å². The SMILES string of the molecule is CCNCc1cnc(N(C)Cc2cccc(Cl)c2)nc1. The summed E-state index contributed by atoms with van der Waals surface area (Å²) in [6.45, 7) is 4.55. The summed E-state index contributed by atoms with van der Waals surface area (Å²) in [6, 6.07) is 7.82. The van der Waals surface area contributed by atoms with E-state index in [4.69, 9.17) is 11.6 Å². The van der Waals surface area contributed by atoms with Crippen molar-refractivity contribution in [2.24, 2.45) is 0 Å². The van der Waals surface area contributed by atoms with Gasteiger partial charge >= 0.3 is 0 Å². The maximum Gasteiger partial charge on any atom is 0.225 e. The molecule has 0 spiro atoms. The average molecular weight is 291 g/mol. The summed E-state index contributed by atoms with van der Waals surface area (Å²) in [6.07, 6.45) is 3.72. The second-order valence-electron chi connectivity index (χ2n) is 4.66. The molecule has 1 N–H and O–H groups in total. The highest BCUT2D eigenvalue weighted by atomic mass is 35.5. The molecule has 1 aromatic heterocycles. The third-order valence-corrected chi connectivity index (χ3v) is 3.16. The molecule has 0 bridgehead atoms. The van der Waals surface area contributed by atoms with E-state index in [1.807, 2.05) is 48.6 Å². The maximum absolute atomic E-state index is 5.99. The zero-order chi connectivity index (χ0) is 14.4. The molecule has 0 aliphatic heterocycles. The molecule has 0 atom stereocenters. The summed E-state index contributed by atoms with van der Waals surface area (Å²) in [5, 5.41) is 4.00. The molecule has 2 aromatic rings. The fourth-order valence-electron chi connectivity index (χ4n) is 1.89. The number of nitrogens with one attached hydrogen (secondary N) is 1. The van der Waals surface area contributed by atoms with Gasteiger partial charge in [-0.25, -0.2) is 9.97 Å². The van der Waals surface area contributed by atoms with Crippen LogP contribution in [0.1, 0.15) is 18.1 Å². The van der Waals surface area contributed by atoms with Gasteiger partial charge in [0.1, 0.15) is 0 Å². The lowest BCUT2D eigenvalue weighted by molar-refractivity contribution is 0.719. The average Bonchev–Trinajstić information content (AvgIpc) is 2.45. The number of halogens is 1. The normalized spacial score (nSPS) is 10.6. The molecule has 0 radical (unpaired) electrons. The first-order valence-electron chi connectivity index (χ1n) is 6.66. The van der Waals surface area contributed by atoms with Crippen LogP contribution in [0.3, 0.4) is 0 Å². The summed E-state index contributed by atoms with van der Waals surface area (Å²) in [4.78, 5) is 10.8. The van der Waals surface area contributed by atoms with Crippen molar-refractivity contribution in [2.75, 3.05) is 18.5 Å². The number of anilines is 1. The Morgan fingerprint density at radius 2 is 1.95 bits per heavy atom. The van der Waals surface area contributed by atoms with Gasteiger partial charge in [-0.2, -0.15) is 0 Å². The van der Waals surface area contributed by atoms with Gasteiger partial charge < -0.3 is 10.2 Å². The topological polar surface area (TPSA) is 41.1 Å². The van der Waals surface area contributed by atoms with Crippen LogP contribution in [0.4, 0.5) is 5.95 Å². The van der Waals surface area contributed by atoms with E-state index in [1.165, 1.54) is 0 Å². The molecule has 1 aromatic carbocycles. The lowest BCUT2D eigenvalue weighted by Crippen LogP contribution is -2.19. The van der Waals surface area contributed by atoms with Gasteiger partial charge in [-0.05, 0) is 24.2 Å². The van der Waals surface area contributed by atoms with Gasteiger partial charge in [0.15, 0.2) is 0 Å². The monoisotopic (exact) mass is 290 g/mol. The quantitative estimate of drug-likeness (QED) is 0.888. The van der Waals surface area contributed by atoms with Crippen molar-refractivity contribution in [1.29, 1.82) is 0 Å². The van der Waals surface area contributed by atoms with Gasteiger partial charge in [0.2, 0.25) is 5.95 Å². The van der Waals surface area contributed by atoms with Crippen molar-refractivity contribution < 1.29 is 0 Å². The number of rotatable bonds is 6. The predicted molar refractivity (Wildman–Crippen MR) is 83.0 cm³/mol. The highest BCUT2D eigenvalue weighted by Gasteiger charge is 2.05. The number of benzene rings is 1. The molecule has 0 saturated carbocycles. The minimum Gasteiger partial charge on any atom is -0.340 e. The number of hydrogen-bond donors (Lipinski definition) is 1. The van der Waals surface area contributed by atoms with E-state index < -0.39 is 0 Å². The smallest absolute Gasteiger partial charge is 0.225 e. The van der Waals surface area contributed by atoms with Gasteiger partial charge in [0.25, 0.3) is 0 Å². The summed E-state index contributed by atoms with van der Waals surface area (Å²) in [5.41, 5.74) is 2.23. The van der Waals surface area contributed by atoms with E-state index in [-0.39, 0.29) is 0 Å². The largest absolute Gasteiger partial charge is 0.340 e. The van der Waals surface area contributed by atoms with Gasteiger partial charge in [-0.3, -0.25) is 0 Å². The van der Waals surface area contributed by atoms with Crippen molar-refractivity contribution >= 4 is 17.5 Å². The van der Waals surface area contributed by atoms with Crippen LogP contribution in [0.25, 0.3) is 0 Å². The highest BCUT2D eigenvalue weighted by Crippen LogP contribution is 2.14. The van der Waals surface area contributed by atoms with Crippen LogP contribution in [0.5, 0.6) is 0 Å². The van der Waals surface area contributed by atoms with Gasteiger partial charge in [-0.1, -0.05) is 30.7 Å². The van der Waals surface area contributed by atoms with Crippen LogP contribution in [-0.2, 0) is 13.1 Å². The van der Waals surface area contributed by atoms with E-state index >= 15 is 0 Å². The Morgan fingerprint density at radius 3 is 2.60 bits per heavy atom. The van der Waals surface area contributed by atoms with Gasteiger partial charge in [-0.15, -0.1) is 0 Å². The molecule has 0 unspecified atom stereocenters. The second kappa shape index (κ2) is 7.22. The minimum absolute atomic E-state index is 0.713. The molecule has 2 rings (SSSR count). The zero-order valence-electron chi connectivity index (χ0n) is 11.8. The molecule has 0 aliphatic carbocycles. The van der Waals surface area contributed by atoms with Crippen molar-refractivity contribution in [3.63, 3.8) is 0 Å². The maximum atomic E-state index is 5.99. The predicted octanol–water partition coefficient (Wildman–Crippen LogP) is 2.88. The molecule has 4 nitrogen and oxygen atoms in total. The first kappa shape index (κ1) is 14.8. The van der Waals surface area contributed by atoms with E-state index in [0.717, 1.165) is 35.8 Å². The molecule has 1 heterocycles. The summed E-state index contributed by atoms with van der Waals surface area (Å²) < 4.78 is 0. The molecule has 20 heavy (non-hydrogen) atoms. The second-order valence-corrected chi connectivity index (χ2v) is 5.09. The first-order chi connectivity index (χ1) is 9.69. The van der Waals surface area contributed by atoms with Crippen LogP contribution >= 0.6 is 11.6 Å². The Morgan fingerprint density at radius 1 is 1.20 bits per heavy atom. The Balaban J connectivity index is 2.00. The molecule has 0 saturated heterocycles. The van der Waals surface area contributed by atoms with Crippen molar-refractivity contribution in [2.45, 2.75) is 20.0 Å². The molecular weight excluding hydrogens is 272 g/mol. The van der Waals surface area contributed by atoms with Crippen molar-refractivity contribution in [1.82, 2.24) is 15.3 Å². The summed E-state index contributed by atoms with van der Waals surface area (Å²) in [7, 11) is 1.97. The molecule has 5 heteroatoms. The van der Waals surface area contributed by atoms with Crippen LogP contribution < -0.4 is 10.2 Å².